The third-order valence-corrected chi connectivity index (χ3v) is 0. The molecule has 0 fully saturated rings. The van der Waals surface area contributed by atoms with Gasteiger partial charge in [-0.3, -0.25) is 0 Å². The summed E-state index contributed by atoms with van der Waals surface area (Å²) in [5.41, 5.74) is 0. The van der Waals surface area contributed by atoms with E-state index >= 15 is 0 Å². The van der Waals surface area contributed by atoms with Gasteiger partial charge in [-0.25, -0.2) is 0 Å². The Hall–Kier alpha value is 0.590. The summed E-state index contributed by atoms with van der Waals surface area (Å²) in [4.78, 5) is 0. The lowest BCUT2D eigenvalue weighted by Crippen LogP contribution is -1.92. The highest BCUT2D eigenvalue weighted by atomic mass is 127. The Morgan fingerprint density at radius 2 is 1.60 bits per heavy atom. The molecule has 0 unspecified atom stereocenters. The molecular weight excluding hydrogens is 189 g/mol. The Bertz CT molecular complexity index is 23.1. The van der Waals surface area contributed by atoms with E-state index in [0.29, 0.717) is 0 Å². The molecule has 0 aromatic rings. The average Bonchev–Trinajstić information content (AvgIpc) is 0.722. The van der Waals surface area contributed by atoms with Crippen LogP contribution in [0.5, 0.6) is 0 Å². The molecule has 0 heterocycles. The predicted octanol–water partition coefficient (Wildman–Crippen LogP) is 1.85. The predicted molar refractivity (Wildman–Crippen MR) is 24.3 cm³/mol. The van der Waals surface area contributed by atoms with Gasteiger partial charge in [-0.1, -0.05) is 0 Å². The Morgan fingerprint density at radius 3 is 1.60 bits per heavy atom. The quantitative estimate of drug-likeness (QED) is 0.404. The van der Waals surface area contributed by atoms with Crippen molar-refractivity contribution in [3.05, 3.63) is 6.92 Å². The van der Waals surface area contributed by atoms with Gasteiger partial charge in [0.1, 0.15) is 0 Å². The molecule has 0 nitrogen and oxygen atoms in total. The minimum absolute atomic E-state index is 0.933. The summed E-state index contributed by atoms with van der Waals surface area (Å²) in [6, 6.07) is 0. The van der Waals surface area contributed by atoms with E-state index in [4.69, 9.17) is 0 Å². The average molecular weight is 191 g/mol. The lowest BCUT2D eigenvalue weighted by atomic mass is 10.9. The summed E-state index contributed by atoms with van der Waals surface area (Å²) < 4.78 is 19.0. The lowest BCUT2D eigenvalue weighted by Gasteiger charge is -1.91. The molecule has 0 aliphatic carbocycles. The smallest absolute Gasteiger partial charge is 0.195 e. The fourth-order valence-corrected chi connectivity index (χ4v) is 0. The molecule has 0 spiro atoms. The van der Waals surface area contributed by atoms with Crippen molar-refractivity contribution in [3.63, 3.8) is 0 Å². The number of rotatable bonds is 0. The summed E-state index contributed by atoms with van der Waals surface area (Å²) in [7, 11) is 0. The van der Waals surface area contributed by atoms with Crippen molar-refractivity contribution in [2.45, 2.75) is 3.93 Å². The molecule has 0 bridgehead atoms. The van der Waals surface area contributed by atoms with Gasteiger partial charge in [-0.15, -0.1) is 0 Å². The number of halogens is 3. The molecule has 0 aliphatic heterocycles. The molecule has 0 N–H and O–H groups in total. The zero-order valence-electron chi connectivity index (χ0n) is 2.34. The van der Waals surface area contributed by atoms with Gasteiger partial charge in [0.25, 0.3) is 3.93 Å². The van der Waals surface area contributed by atoms with Crippen molar-refractivity contribution in [2.75, 3.05) is 0 Å². The van der Waals surface area contributed by atoms with Crippen LogP contribution in [-0.4, -0.2) is 3.93 Å². The normalized spacial score (nSPS) is 12.0. The summed E-state index contributed by atoms with van der Waals surface area (Å²) in [5, 5.41) is 0. The summed E-state index contributed by atoms with van der Waals surface area (Å²) in [5.74, 6) is 0. The minimum Gasteiger partial charge on any atom is -0.195 e. The molecule has 0 atom stereocenters. The van der Waals surface area contributed by atoms with E-state index in [9.17, 15) is 8.78 Å². The van der Waals surface area contributed by atoms with E-state index in [1.54, 1.807) is 0 Å². The zero-order chi connectivity index (χ0) is 4.50. The fourth-order valence-electron chi connectivity index (χ4n) is 0. The van der Waals surface area contributed by atoms with Gasteiger partial charge >= 0.3 is 0 Å². The lowest BCUT2D eigenvalue weighted by molar-refractivity contribution is 0.180. The van der Waals surface area contributed by atoms with Crippen molar-refractivity contribution in [3.8, 4) is 0 Å². The highest BCUT2D eigenvalue weighted by Crippen LogP contribution is 2.18. The van der Waals surface area contributed by atoms with E-state index in [0.717, 1.165) is 22.6 Å². The standard InChI is InChI=1S/C2H2F2I/c1-2(3,4)5/h1H2. The molecule has 3 heteroatoms. The van der Waals surface area contributed by atoms with Crippen LogP contribution in [0.2, 0.25) is 0 Å². The highest BCUT2D eigenvalue weighted by molar-refractivity contribution is 14.1. The van der Waals surface area contributed by atoms with E-state index < -0.39 is 3.93 Å². The fraction of sp³-hybridized carbons (Fsp3) is 0.500. The SMILES string of the molecule is [CH2]C(F)(F)I. The molecule has 31 valence electrons. The third-order valence-electron chi connectivity index (χ3n) is 0. The molecule has 0 amide bonds. The zero-order valence-corrected chi connectivity index (χ0v) is 4.50. The summed E-state index contributed by atoms with van der Waals surface area (Å²) in [6.45, 7) is 2.42. The van der Waals surface area contributed by atoms with Crippen LogP contribution in [-0.2, 0) is 0 Å². The minimum atomic E-state index is -2.78. The van der Waals surface area contributed by atoms with Crippen LogP contribution in [0.3, 0.4) is 0 Å². The van der Waals surface area contributed by atoms with Crippen molar-refractivity contribution in [1.29, 1.82) is 0 Å². The number of alkyl halides is 3. The molecule has 1 radical (unpaired) electrons. The van der Waals surface area contributed by atoms with Crippen molar-refractivity contribution in [2.24, 2.45) is 0 Å². The van der Waals surface area contributed by atoms with Crippen LogP contribution in [0.15, 0.2) is 0 Å². The van der Waals surface area contributed by atoms with Gasteiger partial charge in [-0.2, -0.15) is 8.78 Å². The monoisotopic (exact) mass is 191 g/mol. The number of hydrogen-bond acceptors (Lipinski definition) is 0. The Balaban J connectivity index is 3.02. The second kappa shape index (κ2) is 1.36. The maximum absolute atomic E-state index is 10.9. The van der Waals surface area contributed by atoms with Gasteiger partial charge < -0.3 is 0 Å². The first-order chi connectivity index (χ1) is 2.00. The Morgan fingerprint density at radius 1 is 1.60 bits per heavy atom. The molecule has 0 rings (SSSR count). The second-order valence-corrected chi connectivity index (χ2v) is 2.19. The van der Waals surface area contributed by atoms with Crippen LogP contribution in [0.1, 0.15) is 0 Å². The van der Waals surface area contributed by atoms with Gasteiger partial charge in [0.15, 0.2) is 0 Å². The molecule has 0 aliphatic rings. The van der Waals surface area contributed by atoms with Crippen molar-refractivity contribution >= 4 is 22.6 Å². The number of hydrogen-bond donors (Lipinski definition) is 0. The first-order valence-electron chi connectivity index (χ1n) is 0.921. The maximum atomic E-state index is 10.9. The van der Waals surface area contributed by atoms with Crippen LogP contribution in [0, 0.1) is 6.92 Å². The Labute approximate surface area is 42.7 Å². The summed E-state index contributed by atoms with van der Waals surface area (Å²) >= 11 is 0.933. The van der Waals surface area contributed by atoms with E-state index in [-0.39, 0.29) is 0 Å². The van der Waals surface area contributed by atoms with E-state index in [1.165, 1.54) is 0 Å². The van der Waals surface area contributed by atoms with E-state index in [2.05, 4.69) is 6.92 Å². The maximum Gasteiger partial charge on any atom is 0.296 e. The molecule has 0 saturated heterocycles. The van der Waals surface area contributed by atoms with Crippen LogP contribution in [0.4, 0.5) is 8.78 Å². The second-order valence-electron chi connectivity index (χ2n) is 0.615. The van der Waals surface area contributed by atoms with Gasteiger partial charge in [0, 0.05) is 6.92 Å². The third kappa shape index (κ3) is 88.5. The van der Waals surface area contributed by atoms with Crippen LogP contribution in [0.25, 0.3) is 0 Å². The van der Waals surface area contributed by atoms with Crippen molar-refractivity contribution in [1.82, 2.24) is 0 Å². The van der Waals surface area contributed by atoms with Gasteiger partial charge in [0.05, 0.1) is 0 Å². The van der Waals surface area contributed by atoms with Crippen molar-refractivity contribution < 1.29 is 8.78 Å². The topological polar surface area (TPSA) is 0 Å². The van der Waals surface area contributed by atoms with E-state index in [1.807, 2.05) is 0 Å². The van der Waals surface area contributed by atoms with Crippen LogP contribution < -0.4 is 0 Å². The molecule has 0 aromatic heterocycles. The first-order valence-corrected chi connectivity index (χ1v) is 2.00. The van der Waals surface area contributed by atoms with Gasteiger partial charge in [-0.05, 0) is 22.6 Å². The molecular formula is C2H2F2I. The molecule has 0 aromatic carbocycles. The molecule has 0 saturated carbocycles. The van der Waals surface area contributed by atoms with Gasteiger partial charge in [0.2, 0.25) is 0 Å². The summed E-state index contributed by atoms with van der Waals surface area (Å²) in [6.07, 6.45) is 0. The largest absolute Gasteiger partial charge is 0.296 e. The molecule has 5 heavy (non-hydrogen) atoms. The van der Waals surface area contributed by atoms with Crippen LogP contribution >= 0.6 is 22.6 Å². The first kappa shape index (κ1) is 5.59. The Kier molecular flexibility index (Phi) is 1.52. The highest BCUT2D eigenvalue weighted by Gasteiger charge is 2.12.